The van der Waals surface area contributed by atoms with Crippen LogP contribution in [0.4, 0.5) is 0 Å². The highest BCUT2D eigenvalue weighted by atomic mass is 16.2. The molecule has 5 heteroatoms. The smallest absolute Gasteiger partial charge is 0.290 e. The predicted octanol–water partition coefficient (Wildman–Crippen LogP) is -1.85. The van der Waals surface area contributed by atoms with E-state index in [1.807, 2.05) is 0 Å². The van der Waals surface area contributed by atoms with Gasteiger partial charge >= 0.3 is 5.91 Å². The van der Waals surface area contributed by atoms with Crippen LogP contribution in [0.25, 0.3) is 0 Å². The molecule has 1 heterocycles. The molecule has 1 aliphatic heterocycles. The van der Waals surface area contributed by atoms with E-state index in [0.717, 1.165) is 0 Å². The number of Topliss-reactive ketones (excluding diaryl/α,β-unsaturated/α-hetero) is 2. The molecule has 0 aliphatic carbocycles. The molecule has 1 fully saturated rings. The molecule has 1 rings (SSSR count). The van der Waals surface area contributed by atoms with Crippen LogP contribution in [0.5, 0.6) is 0 Å². The van der Waals surface area contributed by atoms with Crippen molar-refractivity contribution in [2.75, 3.05) is 6.54 Å². The number of hydrogen-bond acceptors (Lipinski definition) is 4. The van der Waals surface area contributed by atoms with E-state index in [0.29, 0.717) is 6.54 Å². The molecule has 54 valence electrons. The Balaban J connectivity index is 2.74. The first-order valence-corrected chi connectivity index (χ1v) is 2.82. The summed E-state index contributed by atoms with van der Waals surface area (Å²) in [4.78, 5) is 31.6. The van der Waals surface area contributed by atoms with Crippen LogP contribution >= 0.6 is 0 Å². The van der Waals surface area contributed by atoms with Crippen LogP contribution in [0, 0.1) is 0 Å². The zero-order valence-electron chi connectivity index (χ0n) is 5.14. The summed E-state index contributed by atoms with van der Waals surface area (Å²) in [5.41, 5.74) is 4.48. The molecule has 10 heavy (non-hydrogen) atoms. The number of rotatable bonds is 0. The lowest BCUT2D eigenvalue weighted by Crippen LogP contribution is -2.39. The van der Waals surface area contributed by atoms with Gasteiger partial charge in [0, 0.05) is 13.0 Å². The predicted molar refractivity (Wildman–Crippen MR) is 30.8 cm³/mol. The second-order valence-electron chi connectivity index (χ2n) is 1.88. The Morgan fingerprint density at radius 3 is 2.60 bits per heavy atom. The number of carbonyl (C=O) groups excluding carboxylic acids is 3. The standard InChI is InChI=1S/C5H6N2O3/c8-3-1-2-6-7-5(10)4(3)9/h6H,1-2H2,(H,7,10). The van der Waals surface area contributed by atoms with Gasteiger partial charge in [-0.25, -0.2) is 5.43 Å². The maximum Gasteiger partial charge on any atom is 0.309 e. The Morgan fingerprint density at radius 2 is 1.90 bits per heavy atom. The minimum Gasteiger partial charge on any atom is -0.290 e. The van der Waals surface area contributed by atoms with Crippen LogP contribution in [-0.4, -0.2) is 24.0 Å². The lowest BCUT2D eigenvalue weighted by Gasteiger charge is -1.95. The molecule has 1 saturated heterocycles. The monoisotopic (exact) mass is 142 g/mol. The molecular formula is C5H6N2O3. The third kappa shape index (κ3) is 1.19. The molecule has 0 unspecified atom stereocenters. The van der Waals surface area contributed by atoms with E-state index in [-0.39, 0.29) is 6.42 Å². The average molecular weight is 142 g/mol. The van der Waals surface area contributed by atoms with Gasteiger partial charge in [-0.05, 0) is 0 Å². The highest BCUT2D eigenvalue weighted by Crippen LogP contribution is 1.87. The summed E-state index contributed by atoms with van der Waals surface area (Å²) in [7, 11) is 0. The highest BCUT2D eigenvalue weighted by molar-refractivity contribution is 6.63. The van der Waals surface area contributed by atoms with Gasteiger partial charge in [-0.3, -0.25) is 19.8 Å². The van der Waals surface area contributed by atoms with Crippen molar-refractivity contribution in [1.82, 2.24) is 10.9 Å². The fraction of sp³-hybridized carbons (Fsp3) is 0.400. The first kappa shape index (κ1) is 6.88. The normalized spacial score (nSPS) is 20.2. The lowest BCUT2D eigenvalue weighted by molar-refractivity contribution is -0.144. The molecule has 0 aromatic rings. The number of nitrogens with one attached hydrogen (secondary N) is 2. The van der Waals surface area contributed by atoms with Crippen LogP contribution in [0.15, 0.2) is 0 Å². The molecule has 0 aromatic carbocycles. The Bertz CT molecular complexity index is 179. The summed E-state index contributed by atoms with van der Waals surface area (Å²) in [6.45, 7) is 0.316. The molecule has 0 atom stereocenters. The van der Waals surface area contributed by atoms with Gasteiger partial charge in [0.2, 0.25) is 5.78 Å². The minimum atomic E-state index is -0.968. The number of hydrogen-bond donors (Lipinski definition) is 2. The van der Waals surface area contributed by atoms with Crippen LogP contribution in [0.3, 0.4) is 0 Å². The molecule has 0 spiro atoms. The fourth-order valence-electron chi connectivity index (χ4n) is 0.616. The van der Waals surface area contributed by atoms with E-state index in [4.69, 9.17) is 0 Å². The molecule has 0 radical (unpaired) electrons. The molecule has 0 bridgehead atoms. The first-order chi connectivity index (χ1) is 4.72. The fourth-order valence-corrected chi connectivity index (χ4v) is 0.616. The van der Waals surface area contributed by atoms with Crippen molar-refractivity contribution in [2.45, 2.75) is 6.42 Å². The Kier molecular flexibility index (Phi) is 1.77. The van der Waals surface area contributed by atoms with Crippen molar-refractivity contribution in [3.05, 3.63) is 0 Å². The van der Waals surface area contributed by atoms with Gasteiger partial charge in [-0.1, -0.05) is 0 Å². The van der Waals surface area contributed by atoms with Crippen LogP contribution in [0.2, 0.25) is 0 Å². The zero-order chi connectivity index (χ0) is 7.56. The van der Waals surface area contributed by atoms with Crippen LogP contribution < -0.4 is 10.9 Å². The number of hydrazine groups is 1. The van der Waals surface area contributed by atoms with Gasteiger partial charge in [0.1, 0.15) is 0 Å². The molecular weight excluding hydrogens is 136 g/mol. The van der Waals surface area contributed by atoms with E-state index >= 15 is 0 Å². The first-order valence-electron chi connectivity index (χ1n) is 2.82. The maximum absolute atomic E-state index is 10.6. The van der Waals surface area contributed by atoms with Gasteiger partial charge in [0.25, 0.3) is 5.78 Å². The lowest BCUT2D eigenvalue weighted by atomic mass is 10.2. The quantitative estimate of drug-likeness (QED) is 0.389. The third-order valence-corrected chi connectivity index (χ3v) is 1.14. The number of amides is 1. The van der Waals surface area contributed by atoms with Crippen LogP contribution in [0.1, 0.15) is 6.42 Å². The van der Waals surface area contributed by atoms with E-state index in [9.17, 15) is 14.4 Å². The van der Waals surface area contributed by atoms with E-state index in [1.165, 1.54) is 0 Å². The number of carbonyl (C=O) groups is 3. The van der Waals surface area contributed by atoms with Crippen molar-refractivity contribution in [3.8, 4) is 0 Å². The Morgan fingerprint density at radius 1 is 1.20 bits per heavy atom. The van der Waals surface area contributed by atoms with Crippen molar-refractivity contribution < 1.29 is 14.4 Å². The number of ketones is 2. The van der Waals surface area contributed by atoms with E-state index < -0.39 is 17.5 Å². The van der Waals surface area contributed by atoms with Gasteiger partial charge in [0.15, 0.2) is 0 Å². The summed E-state index contributed by atoms with van der Waals surface area (Å²) in [5, 5.41) is 0. The second-order valence-corrected chi connectivity index (χ2v) is 1.88. The second kappa shape index (κ2) is 2.57. The molecule has 5 nitrogen and oxygen atoms in total. The molecule has 2 N–H and O–H groups in total. The van der Waals surface area contributed by atoms with Crippen molar-refractivity contribution in [3.63, 3.8) is 0 Å². The van der Waals surface area contributed by atoms with Gasteiger partial charge in [0.05, 0.1) is 0 Å². The molecule has 1 aliphatic rings. The summed E-state index contributed by atoms with van der Waals surface area (Å²) in [5.74, 6) is -2.48. The Labute approximate surface area is 56.7 Å². The van der Waals surface area contributed by atoms with E-state index in [2.05, 4.69) is 10.9 Å². The summed E-state index contributed by atoms with van der Waals surface area (Å²) in [6, 6.07) is 0. The largest absolute Gasteiger partial charge is 0.309 e. The van der Waals surface area contributed by atoms with Crippen molar-refractivity contribution in [1.29, 1.82) is 0 Å². The minimum absolute atomic E-state index is 0.0809. The van der Waals surface area contributed by atoms with Gasteiger partial charge in [-0.15, -0.1) is 0 Å². The SMILES string of the molecule is O=C1CCNNC(=O)C1=O. The van der Waals surface area contributed by atoms with Crippen LogP contribution in [-0.2, 0) is 14.4 Å². The topological polar surface area (TPSA) is 75.3 Å². The molecule has 1 amide bonds. The van der Waals surface area contributed by atoms with E-state index in [1.54, 1.807) is 0 Å². The maximum atomic E-state index is 10.6. The molecule has 0 saturated carbocycles. The Hall–Kier alpha value is -1.23. The van der Waals surface area contributed by atoms with Gasteiger partial charge < -0.3 is 0 Å². The summed E-state index contributed by atoms with van der Waals surface area (Å²) >= 11 is 0. The summed E-state index contributed by atoms with van der Waals surface area (Å²) < 4.78 is 0. The average Bonchev–Trinajstić information content (AvgIpc) is 2.04. The highest BCUT2D eigenvalue weighted by Gasteiger charge is 2.24. The van der Waals surface area contributed by atoms with Crippen molar-refractivity contribution in [2.24, 2.45) is 0 Å². The van der Waals surface area contributed by atoms with Crippen molar-refractivity contribution >= 4 is 17.5 Å². The van der Waals surface area contributed by atoms with Gasteiger partial charge in [-0.2, -0.15) is 0 Å². The zero-order valence-corrected chi connectivity index (χ0v) is 5.14. The summed E-state index contributed by atoms with van der Waals surface area (Å²) in [6.07, 6.45) is 0.0809. The molecule has 0 aromatic heterocycles. The third-order valence-electron chi connectivity index (χ3n) is 1.14.